The molecule has 0 N–H and O–H groups in total. The molecule has 2 aromatic carbocycles. The standard InChI is InChI=1S/C20H20N2O2S.ClH/c23-25(24,18-9-2-1-3-10-18)19-13-16-7-6-8-17(20(16)21-14-19)15-22-11-4-5-12-22;/h1-3,6-10,13-14H,4-5,11-12,15H2;1H. The van der Waals surface area contributed by atoms with Gasteiger partial charge in [0.1, 0.15) is 0 Å². The number of hydrogen-bond donors (Lipinski definition) is 0. The molecule has 136 valence electrons. The fourth-order valence-electron chi connectivity index (χ4n) is 3.40. The lowest BCUT2D eigenvalue weighted by Gasteiger charge is -2.16. The van der Waals surface area contributed by atoms with Gasteiger partial charge in [-0.1, -0.05) is 36.4 Å². The maximum Gasteiger partial charge on any atom is 0.208 e. The van der Waals surface area contributed by atoms with E-state index in [9.17, 15) is 8.42 Å². The van der Waals surface area contributed by atoms with E-state index >= 15 is 0 Å². The average Bonchev–Trinajstić information content (AvgIpc) is 3.15. The van der Waals surface area contributed by atoms with Gasteiger partial charge in [0.25, 0.3) is 0 Å². The summed E-state index contributed by atoms with van der Waals surface area (Å²) in [4.78, 5) is 7.47. The van der Waals surface area contributed by atoms with Gasteiger partial charge in [-0.2, -0.15) is 0 Å². The van der Waals surface area contributed by atoms with Crippen molar-refractivity contribution in [3.8, 4) is 0 Å². The fourth-order valence-corrected chi connectivity index (χ4v) is 4.66. The topological polar surface area (TPSA) is 50.3 Å². The average molecular weight is 389 g/mol. The smallest absolute Gasteiger partial charge is 0.208 e. The zero-order chi connectivity index (χ0) is 17.3. The Hall–Kier alpha value is -1.95. The molecule has 1 aromatic heterocycles. The maximum absolute atomic E-state index is 12.8. The van der Waals surface area contributed by atoms with Crippen molar-refractivity contribution in [2.75, 3.05) is 13.1 Å². The number of aromatic nitrogens is 1. The first-order valence-corrected chi connectivity index (χ1v) is 10.0. The first-order chi connectivity index (χ1) is 12.1. The second-order valence-electron chi connectivity index (χ2n) is 6.46. The second kappa shape index (κ2) is 7.74. The van der Waals surface area contributed by atoms with E-state index < -0.39 is 9.84 Å². The molecule has 3 aromatic rings. The van der Waals surface area contributed by atoms with Gasteiger partial charge in [-0.3, -0.25) is 9.88 Å². The largest absolute Gasteiger partial charge is 0.299 e. The lowest BCUT2D eigenvalue weighted by atomic mass is 10.1. The molecule has 0 amide bonds. The van der Waals surface area contributed by atoms with Gasteiger partial charge in [-0.15, -0.1) is 12.4 Å². The number of pyridine rings is 1. The first-order valence-electron chi connectivity index (χ1n) is 8.55. The molecule has 1 aliphatic heterocycles. The van der Waals surface area contributed by atoms with Gasteiger partial charge in [0.15, 0.2) is 0 Å². The summed E-state index contributed by atoms with van der Waals surface area (Å²) in [5.74, 6) is 0. The minimum Gasteiger partial charge on any atom is -0.299 e. The normalized spacial score (nSPS) is 15.1. The summed E-state index contributed by atoms with van der Waals surface area (Å²) < 4.78 is 25.6. The van der Waals surface area contributed by atoms with Crippen molar-refractivity contribution in [2.24, 2.45) is 0 Å². The Labute approximate surface area is 160 Å². The number of nitrogens with zero attached hydrogens (tertiary/aromatic N) is 2. The molecule has 26 heavy (non-hydrogen) atoms. The van der Waals surface area contributed by atoms with Gasteiger partial charge in [0.05, 0.1) is 15.3 Å². The predicted molar refractivity (Wildman–Crippen MR) is 105 cm³/mol. The molecule has 0 unspecified atom stereocenters. The van der Waals surface area contributed by atoms with Crippen molar-refractivity contribution >= 4 is 33.1 Å². The van der Waals surface area contributed by atoms with E-state index in [4.69, 9.17) is 0 Å². The number of hydrogen-bond acceptors (Lipinski definition) is 4. The molecule has 4 rings (SSSR count). The minimum absolute atomic E-state index is 0. The number of fused-ring (bicyclic) bond motifs is 1. The molecule has 1 fully saturated rings. The monoisotopic (exact) mass is 388 g/mol. The van der Waals surface area contributed by atoms with Crippen LogP contribution in [0.1, 0.15) is 18.4 Å². The third kappa shape index (κ3) is 3.61. The van der Waals surface area contributed by atoms with E-state index in [-0.39, 0.29) is 17.3 Å². The van der Waals surface area contributed by atoms with Gasteiger partial charge in [-0.05, 0) is 49.7 Å². The number of sulfone groups is 1. The maximum atomic E-state index is 12.8. The fraction of sp³-hybridized carbons (Fsp3) is 0.250. The number of rotatable bonds is 4. The molecule has 0 radical (unpaired) electrons. The van der Waals surface area contributed by atoms with E-state index in [2.05, 4.69) is 16.0 Å². The van der Waals surface area contributed by atoms with Crippen molar-refractivity contribution in [3.63, 3.8) is 0 Å². The van der Waals surface area contributed by atoms with E-state index in [1.165, 1.54) is 19.0 Å². The van der Waals surface area contributed by atoms with E-state index in [0.29, 0.717) is 4.90 Å². The molecule has 0 aliphatic carbocycles. The minimum atomic E-state index is -3.54. The molecule has 0 atom stereocenters. The SMILES string of the molecule is Cl.O=S(=O)(c1ccccc1)c1cnc2c(CN3CCCC3)cccc2c1. The second-order valence-corrected chi connectivity index (χ2v) is 8.41. The Morgan fingerprint density at radius 1 is 0.923 bits per heavy atom. The van der Waals surface area contributed by atoms with Gasteiger partial charge < -0.3 is 0 Å². The van der Waals surface area contributed by atoms with Gasteiger partial charge in [0.2, 0.25) is 9.84 Å². The highest BCUT2D eigenvalue weighted by Gasteiger charge is 2.19. The highest BCUT2D eigenvalue weighted by molar-refractivity contribution is 7.91. The van der Waals surface area contributed by atoms with Crippen molar-refractivity contribution in [1.29, 1.82) is 0 Å². The third-order valence-corrected chi connectivity index (χ3v) is 6.46. The van der Waals surface area contributed by atoms with Crippen LogP contribution in [-0.4, -0.2) is 31.4 Å². The van der Waals surface area contributed by atoms with Crippen LogP contribution in [0.25, 0.3) is 10.9 Å². The third-order valence-electron chi connectivity index (χ3n) is 4.73. The summed E-state index contributed by atoms with van der Waals surface area (Å²) >= 11 is 0. The lowest BCUT2D eigenvalue weighted by Crippen LogP contribution is -2.18. The molecule has 4 nitrogen and oxygen atoms in total. The molecular weight excluding hydrogens is 368 g/mol. The molecule has 1 aliphatic rings. The van der Waals surface area contributed by atoms with Crippen molar-refractivity contribution in [2.45, 2.75) is 29.2 Å². The molecule has 2 heterocycles. The molecule has 0 saturated carbocycles. The Balaban J connectivity index is 0.00000196. The van der Waals surface area contributed by atoms with Crippen molar-refractivity contribution in [1.82, 2.24) is 9.88 Å². The molecule has 1 saturated heterocycles. The summed E-state index contributed by atoms with van der Waals surface area (Å²) in [5.41, 5.74) is 2.05. The Morgan fingerprint density at radius 2 is 1.65 bits per heavy atom. The lowest BCUT2D eigenvalue weighted by molar-refractivity contribution is 0.332. The van der Waals surface area contributed by atoms with Crippen molar-refractivity contribution in [3.05, 3.63) is 66.4 Å². The number of benzene rings is 2. The Morgan fingerprint density at radius 3 is 2.38 bits per heavy atom. The van der Waals surface area contributed by atoms with E-state index in [1.807, 2.05) is 18.2 Å². The zero-order valence-electron chi connectivity index (χ0n) is 14.3. The molecule has 6 heteroatoms. The van der Waals surface area contributed by atoms with Crippen LogP contribution >= 0.6 is 12.4 Å². The zero-order valence-corrected chi connectivity index (χ0v) is 16.0. The highest BCUT2D eigenvalue weighted by atomic mass is 35.5. The predicted octanol–water partition coefficient (Wildman–Crippen LogP) is 4.09. The van der Waals surface area contributed by atoms with Crippen LogP contribution in [0.3, 0.4) is 0 Å². The summed E-state index contributed by atoms with van der Waals surface area (Å²) in [5, 5.41) is 0.869. The van der Waals surface area contributed by atoms with Crippen LogP contribution in [0.2, 0.25) is 0 Å². The number of likely N-dealkylation sites (tertiary alicyclic amines) is 1. The van der Waals surface area contributed by atoms with Crippen LogP contribution in [0, 0.1) is 0 Å². The van der Waals surface area contributed by atoms with Crippen LogP contribution < -0.4 is 0 Å². The molecule has 0 bridgehead atoms. The van der Waals surface area contributed by atoms with Crippen LogP contribution in [0.15, 0.2) is 70.6 Å². The van der Waals surface area contributed by atoms with Crippen molar-refractivity contribution < 1.29 is 8.42 Å². The summed E-state index contributed by atoms with van der Waals surface area (Å²) in [6.45, 7) is 3.11. The Kier molecular flexibility index (Phi) is 5.61. The van der Waals surface area contributed by atoms with Crippen LogP contribution in [-0.2, 0) is 16.4 Å². The number of para-hydroxylation sites is 1. The molecule has 0 spiro atoms. The van der Waals surface area contributed by atoms with Gasteiger partial charge in [-0.25, -0.2) is 8.42 Å². The quantitative estimate of drug-likeness (QED) is 0.675. The first kappa shape index (κ1) is 18.8. The van der Waals surface area contributed by atoms with E-state index in [0.717, 1.165) is 36.1 Å². The van der Waals surface area contributed by atoms with Crippen LogP contribution in [0.4, 0.5) is 0 Å². The summed E-state index contributed by atoms with van der Waals surface area (Å²) in [7, 11) is -3.54. The summed E-state index contributed by atoms with van der Waals surface area (Å²) in [6, 6.07) is 16.2. The summed E-state index contributed by atoms with van der Waals surface area (Å²) in [6.07, 6.45) is 3.98. The van der Waals surface area contributed by atoms with E-state index in [1.54, 1.807) is 30.3 Å². The highest BCUT2D eigenvalue weighted by Crippen LogP contribution is 2.25. The van der Waals surface area contributed by atoms with Crippen LogP contribution in [0.5, 0.6) is 0 Å². The van der Waals surface area contributed by atoms with Gasteiger partial charge >= 0.3 is 0 Å². The van der Waals surface area contributed by atoms with Gasteiger partial charge in [0, 0.05) is 18.1 Å². The Bertz CT molecular complexity index is 1000. The molecular formula is C20H21ClN2O2S. The number of halogens is 1.